The number of benzene rings is 1. The van der Waals surface area contributed by atoms with E-state index in [-0.39, 0.29) is 12.3 Å². The van der Waals surface area contributed by atoms with Crippen LogP contribution in [0.3, 0.4) is 0 Å². The first-order chi connectivity index (χ1) is 10.7. The number of rotatable bonds is 4. The van der Waals surface area contributed by atoms with Crippen molar-refractivity contribution in [2.45, 2.75) is 6.92 Å². The minimum absolute atomic E-state index is 0.155. The maximum atomic E-state index is 12.5. The zero-order valence-corrected chi connectivity index (χ0v) is 12.0. The van der Waals surface area contributed by atoms with Crippen molar-refractivity contribution < 1.29 is 14.3 Å². The molecule has 0 N–H and O–H groups in total. The number of carbonyl (C=O) groups is 2. The van der Waals surface area contributed by atoms with Crippen molar-refractivity contribution in [1.29, 1.82) is 0 Å². The molecule has 2 heterocycles. The van der Waals surface area contributed by atoms with Crippen molar-refractivity contribution in [2.75, 3.05) is 6.61 Å². The molecule has 5 nitrogen and oxygen atoms in total. The van der Waals surface area contributed by atoms with Crippen molar-refractivity contribution in [3.8, 4) is 11.3 Å². The quantitative estimate of drug-likeness (QED) is 0.422. The Kier molecular flexibility index (Phi) is 3.70. The van der Waals surface area contributed by atoms with Gasteiger partial charge in [0.2, 0.25) is 0 Å². The fourth-order valence-electron chi connectivity index (χ4n) is 2.30. The predicted octanol–water partition coefficient (Wildman–Crippen LogP) is 2.75. The van der Waals surface area contributed by atoms with Crippen molar-refractivity contribution in [2.24, 2.45) is 0 Å². The van der Waals surface area contributed by atoms with Gasteiger partial charge in [-0.05, 0) is 19.1 Å². The second-order valence-electron chi connectivity index (χ2n) is 4.65. The number of carbonyl (C=O) groups excluding carboxylic acids is 2. The topological polar surface area (TPSA) is 60.7 Å². The van der Waals surface area contributed by atoms with E-state index in [9.17, 15) is 9.59 Å². The molecule has 22 heavy (non-hydrogen) atoms. The molecule has 2 aromatic heterocycles. The van der Waals surface area contributed by atoms with Crippen LogP contribution in [0.2, 0.25) is 0 Å². The summed E-state index contributed by atoms with van der Waals surface area (Å²) in [4.78, 5) is 28.8. The number of aromatic nitrogens is 2. The third-order valence-corrected chi connectivity index (χ3v) is 3.25. The van der Waals surface area contributed by atoms with Crippen molar-refractivity contribution in [3.05, 3.63) is 60.4 Å². The second kappa shape index (κ2) is 5.81. The van der Waals surface area contributed by atoms with Crippen LogP contribution in [0.15, 0.2) is 54.7 Å². The zero-order chi connectivity index (χ0) is 15.5. The number of hydrogen-bond donors (Lipinski definition) is 0. The summed E-state index contributed by atoms with van der Waals surface area (Å²) in [6.45, 7) is 1.82. The minimum Gasteiger partial charge on any atom is -0.460 e. The highest BCUT2D eigenvalue weighted by Gasteiger charge is 2.26. The number of Topliss-reactive ketones (excluding diaryl/α,β-unsaturated/α-hetero) is 1. The Morgan fingerprint density at radius 3 is 2.55 bits per heavy atom. The highest BCUT2D eigenvalue weighted by Crippen LogP contribution is 2.25. The zero-order valence-electron chi connectivity index (χ0n) is 12.0. The highest BCUT2D eigenvalue weighted by atomic mass is 16.5. The largest absolute Gasteiger partial charge is 0.460 e. The number of esters is 1. The van der Waals surface area contributed by atoms with Gasteiger partial charge in [-0.3, -0.25) is 9.20 Å². The number of fused-ring (bicyclic) bond motifs is 1. The van der Waals surface area contributed by atoms with Crippen LogP contribution in [-0.4, -0.2) is 27.7 Å². The Hall–Kier alpha value is -2.95. The van der Waals surface area contributed by atoms with Gasteiger partial charge in [-0.2, -0.15) is 0 Å². The van der Waals surface area contributed by atoms with Gasteiger partial charge in [-0.25, -0.2) is 9.78 Å². The smallest absolute Gasteiger partial charge is 0.381 e. The Bertz CT molecular complexity index is 837. The van der Waals surface area contributed by atoms with Crippen LogP contribution < -0.4 is 0 Å². The van der Waals surface area contributed by atoms with E-state index < -0.39 is 11.8 Å². The predicted molar refractivity (Wildman–Crippen MR) is 81.6 cm³/mol. The van der Waals surface area contributed by atoms with Gasteiger partial charge in [0.25, 0.3) is 5.78 Å². The monoisotopic (exact) mass is 294 g/mol. The molecule has 3 aromatic rings. The van der Waals surface area contributed by atoms with Crippen LogP contribution >= 0.6 is 0 Å². The van der Waals surface area contributed by atoms with Gasteiger partial charge < -0.3 is 4.74 Å². The van der Waals surface area contributed by atoms with Gasteiger partial charge in [-0.15, -0.1) is 0 Å². The summed E-state index contributed by atoms with van der Waals surface area (Å²) in [6.07, 6.45) is 1.71. The van der Waals surface area contributed by atoms with Crippen LogP contribution in [0.1, 0.15) is 17.4 Å². The molecule has 0 aliphatic carbocycles. The number of hydrogen-bond acceptors (Lipinski definition) is 4. The molecule has 0 bridgehead atoms. The second-order valence-corrected chi connectivity index (χ2v) is 4.65. The van der Waals surface area contributed by atoms with Crippen LogP contribution in [0, 0.1) is 0 Å². The lowest BCUT2D eigenvalue weighted by Crippen LogP contribution is -2.20. The molecular formula is C17H14N2O3. The average molecular weight is 294 g/mol. The molecule has 1 aromatic carbocycles. The standard InChI is InChI=1S/C17H14N2O3/c1-2-22-17(21)16(20)15-14(12-8-4-3-5-9-12)18-13-10-6-7-11-19(13)15/h3-11H,2H2,1H3. The third-order valence-electron chi connectivity index (χ3n) is 3.25. The summed E-state index contributed by atoms with van der Waals surface area (Å²) >= 11 is 0. The van der Waals surface area contributed by atoms with Gasteiger partial charge in [0.1, 0.15) is 17.0 Å². The minimum atomic E-state index is -0.870. The fourth-order valence-corrected chi connectivity index (χ4v) is 2.30. The summed E-state index contributed by atoms with van der Waals surface area (Å²) in [5, 5.41) is 0. The molecular weight excluding hydrogens is 280 g/mol. The number of pyridine rings is 1. The van der Waals surface area contributed by atoms with E-state index in [0.717, 1.165) is 5.56 Å². The lowest BCUT2D eigenvalue weighted by atomic mass is 10.1. The Balaban J connectivity index is 2.22. The van der Waals surface area contributed by atoms with E-state index in [1.54, 1.807) is 29.7 Å². The summed E-state index contributed by atoms with van der Waals surface area (Å²) < 4.78 is 6.45. The Morgan fingerprint density at radius 1 is 1.09 bits per heavy atom. The van der Waals surface area contributed by atoms with E-state index in [1.807, 2.05) is 36.4 Å². The number of nitrogens with zero attached hydrogens (tertiary/aromatic N) is 2. The fraction of sp³-hybridized carbons (Fsp3) is 0.118. The van der Waals surface area contributed by atoms with Crippen LogP contribution in [0.25, 0.3) is 16.9 Å². The maximum absolute atomic E-state index is 12.5. The molecule has 0 radical (unpaired) electrons. The lowest BCUT2D eigenvalue weighted by Gasteiger charge is -2.04. The summed E-state index contributed by atoms with van der Waals surface area (Å²) in [7, 11) is 0. The van der Waals surface area contributed by atoms with Crippen LogP contribution in [-0.2, 0) is 9.53 Å². The van der Waals surface area contributed by atoms with Gasteiger partial charge in [0.05, 0.1) is 6.61 Å². The molecule has 0 saturated carbocycles. The Labute approximate surface area is 127 Å². The maximum Gasteiger partial charge on any atom is 0.381 e. The molecule has 0 unspecified atom stereocenters. The molecule has 0 atom stereocenters. The molecule has 0 saturated heterocycles. The van der Waals surface area contributed by atoms with Crippen molar-refractivity contribution in [3.63, 3.8) is 0 Å². The van der Waals surface area contributed by atoms with Crippen molar-refractivity contribution in [1.82, 2.24) is 9.38 Å². The SMILES string of the molecule is CCOC(=O)C(=O)c1c(-c2ccccc2)nc2ccccn12. The van der Waals surface area contributed by atoms with E-state index in [2.05, 4.69) is 4.98 Å². The molecule has 0 aliphatic heterocycles. The third kappa shape index (κ3) is 2.37. The number of imidazole rings is 1. The van der Waals surface area contributed by atoms with Gasteiger partial charge in [0.15, 0.2) is 0 Å². The molecule has 0 aliphatic rings. The first-order valence-corrected chi connectivity index (χ1v) is 6.96. The number of ether oxygens (including phenoxy) is 1. The van der Waals surface area contributed by atoms with Gasteiger partial charge in [0, 0.05) is 11.8 Å². The first kappa shape index (κ1) is 14.0. The Morgan fingerprint density at radius 2 is 1.82 bits per heavy atom. The lowest BCUT2D eigenvalue weighted by molar-refractivity contribution is -0.137. The summed E-state index contributed by atoms with van der Waals surface area (Å²) in [5.74, 6) is -1.57. The van der Waals surface area contributed by atoms with Crippen molar-refractivity contribution >= 4 is 17.4 Å². The summed E-state index contributed by atoms with van der Waals surface area (Å²) in [5.41, 5.74) is 2.08. The normalized spacial score (nSPS) is 10.6. The molecule has 0 fully saturated rings. The van der Waals surface area contributed by atoms with Crippen LogP contribution in [0.5, 0.6) is 0 Å². The van der Waals surface area contributed by atoms with Gasteiger partial charge >= 0.3 is 5.97 Å². The molecule has 5 heteroatoms. The average Bonchev–Trinajstić information content (AvgIpc) is 2.94. The van der Waals surface area contributed by atoms with E-state index in [0.29, 0.717) is 11.3 Å². The van der Waals surface area contributed by atoms with Crippen LogP contribution in [0.4, 0.5) is 0 Å². The van der Waals surface area contributed by atoms with E-state index in [1.165, 1.54) is 0 Å². The molecule has 110 valence electrons. The first-order valence-electron chi connectivity index (χ1n) is 6.96. The number of ketones is 1. The molecule has 0 spiro atoms. The van der Waals surface area contributed by atoms with E-state index >= 15 is 0 Å². The highest BCUT2D eigenvalue weighted by molar-refractivity contribution is 6.41. The van der Waals surface area contributed by atoms with E-state index in [4.69, 9.17) is 4.74 Å². The molecule has 0 amide bonds. The van der Waals surface area contributed by atoms with Gasteiger partial charge in [-0.1, -0.05) is 36.4 Å². The molecule has 3 rings (SSSR count). The summed E-state index contributed by atoms with van der Waals surface area (Å²) in [6, 6.07) is 14.7.